The number of nitrogens with zero attached hydrogens (tertiary/aromatic N) is 2. The Morgan fingerprint density at radius 2 is 2.36 bits per heavy atom. The van der Waals surface area contributed by atoms with Crippen molar-refractivity contribution in [2.45, 2.75) is 11.4 Å². The van der Waals surface area contributed by atoms with E-state index in [1.54, 1.807) is 6.07 Å². The van der Waals surface area contributed by atoms with Gasteiger partial charge in [-0.1, -0.05) is 6.07 Å². The predicted octanol–water partition coefficient (Wildman–Crippen LogP) is 2.19. The molecule has 4 nitrogen and oxygen atoms in total. The summed E-state index contributed by atoms with van der Waals surface area (Å²) in [7, 11) is 1.81. The van der Waals surface area contributed by atoms with Crippen molar-refractivity contribution in [3.63, 3.8) is 0 Å². The minimum absolute atomic E-state index is 0.406. The van der Waals surface area contributed by atoms with Crippen LogP contribution in [0, 0.1) is 15.9 Å². The van der Waals surface area contributed by atoms with E-state index < -0.39 is 16.4 Å². The van der Waals surface area contributed by atoms with E-state index in [9.17, 15) is 14.5 Å². The Kier molecular flexibility index (Phi) is 2.16. The number of fused-ring (bicyclic) bond motifs is 1. The molecule has 0 radical (unpaired) electrons. The van der Waals surface area contributed by atoms with E-state index in [0.29, 0.717) is 11.4 Å². The van der Waals surface area contributed by atoms with Gasteiger partial charge in [0.2, 0.25) is 5.82 Å². The Morgan fingerprint density at radius 3 is 3.00 bits per heavy atom. The molecule has 14 heavy (non-hydrogen) atoms. The molecule has 1 heterocycles. The Bertz CT molecular complexity index is 411. The molecule has 0 saturated carbocycles. The van der Waals surface area contributed by atoms with E-state index in [2.05, 4.69) is 0 Å². The summed E-state index contributed by atoms with van der Waals surface area (Å²) in [5.41, 5.74) is 0.405. The summed E-state index contributed by atoms with van der Waals surface area (Å²) in [5.74, 6) is -0.767. The molecule has 74 valence electrons. The fourth-order valence-electron chi connectivity index (χ4n) is 1.41. The second-order valence-electron chi connectivity index (χ2n) is 3.02. The molecular weight excluding hydrogens is 207 g/mol. The molecule has 1 aromatic rings. The van der Waals surface area contributed by atoms with E-state index in [1.807, 2.05) is 11.4 Å². The topological polar surface area (TPSA) is 46.4 Å². The number of rotatable bonds is 1. The van der Waals surface area contributed by atoms with E-state index in [1.165, 1.54) is 11.9 Å². The predicted molar refractivity (Wildman–Crippen MR) is 50.4 cm³/mol. The first-order chi connectivity index (χ1) is 6.59. The molecule has 0 aliphatic carbocycles. The van der Waals surface area contributed by atoms with Crippen LogP contribution in [0.1, 0.15) is 5.56 Å². The Balaban J connectivity index is 2.60. The monoisotopic (exact) mass is 214 g/mol. The summed E-state index contributed by atoms with van der Waals surface area (Å²) in [6.45, 7) is 0.612. The number of hydrogen-bond donors (Lipinski definition) is 0. The van der Waals surface area contributed by atoms with Gasteiger partial charge in [-0.2, -0.15) is 4.39 Å². The van der Waals surface area contributed by atoms with Crippen LogP contribution in [-0.2, 0) is 6.54 Å². The first-order valence-electron chi connectivity index (χ1n) is 3.94. The molecule has 0 spiro atoms. The van der Waals surface area contributed by atoms with Crippen molar-refractivity contribution < 1.29 is 9.31 Å². The average molecular weight is 214 g/mol. The van der Waals surface area contributed by atoms with E-state index in [4.69, 9.17) is 0 Å². The molecule has 0 amide bonds. The van der Waals surface area contributed by atoms with Gasteiger partial charge in [-0.15, -0.1) is 0 Å². The van der Waals surface area contributed by atoms with Crippen molar-refractivity contribution >= 4 is 17.6 Å². The van der Waals surface area contributed by atoms with Crippen molar-refractivity contribution in [1.29, 1.82) is 0 Å². The Morgan fingerprint density at radius 1 is 1.64 bits per heavy atom. The van der Waals surface area contributed by atoms with Gasteiger partial charge in [-0.3, -0.25) is 10.1 Å². The minimum atomic E-state index is -0.767. The summed E-state index contributed by atoms with van der Waals surface area (Å²) >= 11 is 1.21. The summed E-state index contributed by atoms with van der Waals surface area (Å²) in [6, 6.07) is 2.74. The van der Waals surface area contributed by atoms with Crippen LogP contribution in [0.3, 0.4) is 0 Å². The lowest BCUT2D eigenvalue weighted by Gasteiger charge is -2.01. The highest BCUT2D eigenvalue weighted by atomic mass is 32.2. The van der Waals surface area contributed by atoms with Gasteiger partial charge < -0.3 is 0 Å². The summed E-state index contributed by atoms with van der Waals surface area (Å²) in [4.78, 5) is 10.4. The second kappa shape index (κ2) is 3.21. The third kappa shape index (κ3) is 1.36. The summed E-state index contributed by atoms with van der Waals surface area (Å²) in [6.07, 6.45) is 0. The molecule has 0 fully saturated rings. The lowest BCUT2D eigenvalue weighted by molar-refractivity contribution is -0.390. The molecule has 0 unspecified atom stereocenters. The maximum absolute atomic E-state index is 13.1. The van der Waals surface area contributed by atoms with Crippen molar-refractivity contribution in [2.75, 3.05) is 7.05 Å². The van der Waals surface area contributed by atoms with Gasteiger partial charge in [-0.05, 0) is 30.6 Å². The zero-order chi connectivity index (χ0) is 10.3. The number of benzene rings is 1. The van der Waals surface area contributed by atoms with Gasteiger partial charge in [0.05, 0.1) is 4.92 Å². The second-order valence-corrected chi connectivity index (χ2v) is 4.23. The standard InChI is InChI=1S/C8H7FN2O2S/c1-10-4-5-2-3-6(9)7(11(12)13)8(5)14-10/h2-3H,4H2,1H3. The molecule has 6 heteroatoms. The molecule has 0 aromatic heterocycles. The third-order valence-corrected chi connectivity index (χ3v) is 3.07. The van der Waals surface area contributed by atoms with Crippen LogP contribution >= 0.6 is 11.9 Å². The van der Waals surface area contributed by atoms with E-state index >= 15 is 0 Å². The highest BCUT2D eigenvalue weighted by molar-refractivity contribution is 7.97. The van der Waals surface area contributed by atoms with Crippen molar-refractivity contribution in [3.8, 4) is 0 Å². The van der Waals surface area contributed by atoms with Crippen LogP contribution in [0.25, 0.3) is 0 Å². The quantitative estimate of drug-likeness (QED) is 0.408. The highest BCUT2D eigenvalue weighted by Gasteiger charge is 2.29. The minimum Gasteiger partial charge on any atom is -0.258 e. The summed E-state index contributed by atoms with van der Waals surface area (Å²) in [5, 5.41) is 10.6. The van der Waals surface area contributed by atoms with Crippen LogP contribution in [0.5, 0.6) is 0 Å². The van der Waals surface area contributed by atoms with Gasteiger partial charge in [0, 0.05) is 6.54 Å². The van der Waals surface area contributed by atoms with Crippen molar-refractivity contribution in [2.24, 2.45) is 0 Å². The highest BCUT2D eigenvalue weighted by Crippen LogP contribution is 2.41. The fraction of sp³-hybridized carbons (Fsp3) is 0.250. The van der Waals surface area contributed by atoms with Crippen LogP contribution in [-0.4, -0.2) is 16.3 Å². The van der Waals surface area contributed by atoms with Gasteiger partial charge in [-0.25, -0.2) is 4.31 Å². The number of nitro benzene ring substituents is 1. The fourth-order valence-corrected chi connectivity index (χ4v) is 2.44. The van der Waals surface area contributed by atoms with Crippen LogP contribution < -0.4 is 0 Å². The number of halogens is 1. The molecule has 0 saturated heterocycles. The lowest BCUT2D eigenvalue weighted by Crippen LogP contribution is -1.99. The van der Waals surface area contributed by atoms with Gasteiger partial charge in [0.25, 0.3) is 0 Å². The average Bonchev–Trinajstić information content (AvgIpc) is 2.43. The molecule has 0 bridgehead atoms. The van der Waals surface area contributed by atoms with Gasteiger partial charge in [0.15, 0.2) is 0 Å². The largest absolute Gasteiger partial charge is 0.319 e. The van der Waals surface area contributed by atoms with Crippen molar-refractivity contribution in [1.82, 2.24) is 4.31 Å². The Hall–Kier alpha value is -1.14. The molecule has 2 rings (SSSR count). The normalized spacial score (nSPS) is 15.6. The molecule has 0 N–H and O–H groups in total. The molecule has 1 aromatic carbocycles. The first kappa shape index (κ1) is 9.42. The number of hydrogen-bond acceptors (Lipinski definition) is 4. The van der Waals surface area contributed by atoms with E-state index in [0.717, 1.165) is 11.6 Å². The molecule has 1 aliphatic rings. The zero-order valence-electron chi connectivity index (χ0n) is 7.36. The maximum Gasteiger partial charge on any atom is 0.319 e. The SMILES string of the molecule is CN1Cc2ccc(F)c([N+](=O)[O-])c2S1. The van der Waals surface area contributed by atoms with Crippen molar-refractivity contribution in [3.05, 3.63) is 33.6 Å². The van der Waals surface area contributed by atoms with Crippen LogP contribution in [0.2, 0.25) is 0 Å². The van der Waals surface area contributed by atoms with Crippen LogP contribution in [0.4, 0.5) is 10.1 Å². The maximum atomic E-state index is 13.1. The van der Waals surface area contributed by atoms with Gasteiger partial charge >= 0.3 is 5.69 Å². The summed E-state index contributed by atoms with van der Waals surface area (Å²) < 4.78 is 15.0. The number of nitro groups is 1. The Labute approximate surface area is 84.0 Å². The first-order valence-corrected chi connectivity index (χ1v) is 4.72. The molecular formula is C8H7FN2O2S. The third-order valence-electron chi connectivity index (χ3n) is 1.99. The van der Waals surface area contributed by atoms with Crippen LogP contribution in [0.15, 0.2) is 17.0 Å². The lowest BCUT2D eigenvalue weighted by atomic mass is 10.2. The van der Waals surface area contributed by atoms with Gasteiger partial charge in [0.1, 0.15) is 4.90 Å². The smallest absolute Gasteiger partial charge is 0.258 e. The molecule has 1 aliphatic heterocycles. The van der Waals surface area contributed by atoms with E-state index in [-0.39, 0.29) is 0 Å². The zero-order valence-corrected chi connectivity index (χ0v) is 8.18. The molecule has 0 atom stereocenters.